The molecule has 2 saturated heterocycles. The summed E-state index contributed by atoms with van der Waals surface area (Å²) in [6, 6.07) is 0. The molecule has 0 atom stereocenters. The summed E-state index contributed by atoms with van der Waals surface area (Å²) in [7, 11) is -0.232. The normalized spacial score (nSPS) is 18.6. The molecule has 0 radical (unpaired) electrons. The molecular weight excluding hydrogens is 450 g/mol. The van der Waals surface area contributed by atoms with Crippen molar-refractivity contribution in [2.75, 3.05) is 46.6 Å². The minimum absolute atomic E-state index is 0.0246. The number of likely N-dealkylation sites (tertiary alicyclic amines) is 1. The molecule has 0 bridgehead atoms. The molecule has 0 saturated carbocycles. The summed E-state index contributed by atoms with van der Waals surface area (Å²) >= 11 is 0. The van der Waals surface area contributed by atoms with Crippen LogP contribution in [0.25, 0.3) is 0 Å². The van der Waals surface area contributed by atoms with Gasteiger partial charge in [-0.1, -0.05) is 66.3 Å². The van der Waals surface area contributed by atoms with Crippen LogP contribution in [0, 0.1) is 5.41 Å². The second-order valence-corrected chi connectivity index (χ2v) is 9.53. The molecule has 2 aliphatic rings. The number of rotatable bonds is 7. The smallest absolute Gasteiger partial charge is 0.245 e. The third-order valence-corrected chi connectivity index (χ3v) is 6.94. The van der Waals surface area contributed by atoms with Gasteiger partial charge in [-0.05, 0) is 51.4 Å². The Hall–Kier alpha value is -1.64. The zero-order chi connectivity index (χ0) is 26.9. The van der Waals surface area contributed by atoms with Crippen LogP contribution >= 0.6 is 0 Å². The third-order valence-electron chi connectivity index (χ3n) is 5.79. The van der Waals surface area contributed by atoms with E-state index in [0.29, 0.717) is 18.7 Å². The van der Waals surface area contributed by atoms with Crippen LogP contribution in [0.4, 0.5) is 0 Å². The van der Waals surface area contributed by atoms with Crippen LogP contribution in [0.15, 0.2) is 36.1 Å². The van der Waals surface area contributed by atoms with Gasteiger partial charge in [0.15, 0.2) is 0 Å². The lowest BCUT2D eigenvalue weighted by molar-refractivity contribution is -0.168. The highest BCUT2D eigenvalue weighted by molar-refractivity contribution is 7.88. The van der Waals surface area contributed by atoms with Crippen LogP contribution in [0.1, 0.15) is 74.1 Å². The largest absolute Gasteiger partial charge is 0.303 e. The summed E-state index contributed by atoms with van der Waals surface area (Å²) in [4.78, 5) is 19.1. The fourth-order valence-corrected chi connectivity index (χ4v) is 5.00. The molecule has 2 aliphatic heterocycles. The van der Waals surface area contributed by atoms with Crippen molar-refractivity contribution in [1.29, 1.82) is 0 Å². The van der Waals surface area contributed by atoms with E-state index >= 15 is 0 Å². The number of hydroxylamine groups is 2. The second-order valence-electron chi connectivity index (χ2n) is 7.62. The van der Waals surface area contributed by atoms with Gasteiger partial charge in [0.1, 0.15) is 0 Å². The van der Waals surface area contributed by atoms with Crippen LogP contribution in [-0.2, 0) is 19.7 Å². The van der Waals surface area contributed by atoms with Crippen molar-refractivity contribution in [2.24, 2.45) is 5.41 Å². The first-order chi connectivity index (χ1) is 16.1. The standard InChI is InChI=1S/C20H33N3O4S.3C2H6/c1-6-7-9-18-17(2)23(28(5,25)26)16-20(18)11-14-22(15-12-20)13-8-10-19(24)21(3)27-4;3*1-2/h6-7,9H,2,8,10-16H2,1,3-5H3;3*1-2H3/b7-6-,18-9+;;;. The summed E-state index contributed by atoms with van der Waals surface area (Å²) in [5.41, 5.74) is 1.46. The van der Waals surface area contributed by atoms with E-state index in [1.54, 1.807) is 7.05 Å². The summed E-state index contributed by atoms with van der Waals surface area (Å²) in [6.07, 6.45) is 10.2. The number of allylic oxidation sites excluding steroid dienone is 4. The van der Waals surface area contributed by atoms with Gasteiger partial charge in [0, 0.05) is 31.1 Å². The molecule has 0 aliphatic carbocycles. The van der Waals surface area contributed by atoms with E-state index < -0.39 is 10.0 Å². The van der Waals surface area contributed by atoms with Crippen molar-refractivity contribution in [1.82, 2.24) is 14.3 Å². The predicted octanol–water partition coefficient (Wildman–Crippen LogP) is 5.24. The Labute approximate surface area is 210 Å². The maximum Gasteiger partial charge on any atom is 0.245 e. The summed E-state index contributed by atoms with van der Waals surface area (Å²) < 4.78 is 25.9. The molecule has 2 rings (SSSR count). The third kappa shape index (κ3) is 9.92. The van der Waals surface area contributed by atoms with Crippen molar-refractivity contribution in [3.63, 3.8) is 0 Å². The van der Waals surface area contributed by atoms with Crippen LogP contribution in [0.2, 0.25) is 0 Å². The highest BCUT2D eigenvalue weighted by Gasteiger charge is 2.48. The van der Waals surface area contributed by atoms with Gasteiger partial charge in [0.2, 0.25) is 15.9 Å². The van der Waals surface area contributed by atoms with Gasteiger partial charge in [-0.2, -0.15) is 0 Å². The zero-order valence-corrected chi connectivity index (χ0v) is 24.3. The minimum Gasteiger partial charge on any atom is -0.303 e. The topological polar surface area (TPSA) is 70.2 Å². The van der Waals surface area contributed by atoms with Gasteiger partial charge in [-0.15, -0.1) is 0 Å². The molecular formula is C26H51N3O4S. The van der Waals surface area contributed by atoms with Gasteiger partial charge in [0.25, 0.3) is 0 Å². The molecule has 0 unspecified atom stereocenters. The van der Waals surface area contributed by atoms with Crippen molar-refractivity contribution >= 4 is 15.9 Å². The molecule has 2 heterocycles. The van der Waals surface area contributed by atoms with Gasteiger partial charge in [0.05, 0.1) is 13.4 Å². The molecule has 0 aromatic carbocycles. The Morgan fingerprint density at radius 2 is 1.68 bits per heavy atom. The van der Waals surface area contributed by atoms with E-state index in [4.69, 9.17) is 4.84 Å². The van der Waals surface area contributed by atoms with Crippen molar-refractivity contribution in [2.45, 2.75) is 74.1 Å². The molecule has 34 heavy (non-hydrogen) atoms. The monoisotopic (exact) mass is 501 g/mol. The Morgan fingerprint density at radius 1 is 1.15 bits per heavy atom. The SMILES string of the molecule is C=C1/C(=C\C=C/C)C2(CCN(CCCC(=O)N(C)OC)CC2)CN1S(C)(=O)=O.CC.CC.CC. The molecule has 8 heteroatoms. The minimum atomic E-state index is -3.33. The maximum absolute atomic E-state index is 12.2. The van der Waals surface area contributed by atoms with Gasteiger partial charge in [-0.3, -0.25) is 13.9 Å². The first-order valence-corrected chi connectivity index (χ1v) is 14.5. The van der Waals surface area contributed by atoms with Gasteiger partial charge >= 0.3 is 0 Å². The Kier molecular flexibility index (Phi) is 18.0. The number of hydrogen-bond donors (Lipinski definition) is 0. The van der Waals surface area contributed by atoms with E-state index in [-0.39, 0.29) is 11.3 Å². The lowest BCUT2D eigenvalue weighted by Crippen LogP contribution is -2.43. The molecule has 200 valence electrons. The van der Waals surface area contributed by atoms with Crippen LogP contribution in [0.3, 0.4) is 0 Å². The molecule has 0 aromatic heterocycles. The summed E-state index contributed by atoms with van der Waals surface area (Å²) in [5.74, 6) is -0.0246. The zero-order valence-electron chi connectivity index (χ0n) is 23.5. The molecule has 7 nitrogen and oxygen atoms in total. The van der Waals surface area contributed by atoms with Crippen LogP contribution in [0.5, 0.6) is 0 Å². The van der Waals surface area contributed by atoms with E-state index in [1.165, 1.54) is 22.7 Å². The highest BCUT2D eigenvalue weighted by Crippen LogP contribution is 2.49. The average molecular weight is 502 g/mol. The summed E-state index contributed by atoms with van der Waals surface area (Å²) in [5, 5.41) is 1.26. The number of carbonyl (C=O) groups excluding carboxylic acids is 1. The highest BCUT2D eigenvalue weighted by atomic mass is 32.2. The molecule has 1 spiro atoms. The lowest BCUT2D eigenvalue weighted by Gasteiger charge is -2.39. The lowest BCUT2D eigenvalue weighted by atomic mass is 9.73. The molecule has 2 fully saturated rings. The van der Waals surface area contributed by atoms with E-state index in [2.05, 4.69) is 11.5 Å². The Morgan fingerprint density at radius 3 is 2.12 bits per heavy atom. The quantitative estimate of drug-likeness (QED) is 0.446. The predicted molar refractivity (Wildman–Crippen MR) is 145 cm³/mol. The first kappa shape index (κ1) is 34.5. The average Bonchev–Trinajstić information content (AvgIpc) is 3.13. The number of carbonyl (C=O) groups is 1. The van der Waals surface area contributed by atoms with Crippen molar-refractivity contribution < 1.29 is 18.0 Å². The summed E-state index contributed by atoms with van der Waals surface area (Å²) in [6.45, 7) is 21.1. The van der Waals surface area contributed by atoms with E-state index in [1.807, 2.05) is 66.7 Å². The van der Waals surface area contributed by atoms with Gasteiger partial charge < -0.3 is 4.90 Å². The molecule has 0 N–H and O–H groups in total. The van der Waals surface area contributed by atoms with Crippen molar-refractivity contribution in [3.8, 4) is 0 Å². The fraction of sp³-hybridized carbons (Fsp3) is 0.731. The number of hydrogen-bond acceptors (Lipinski definition) is 5. The number of amides is 1. The van der Waals surface area contributed by atoms with Crippen LogP contribution < -0.4 is 0 Å². The maximum atomic E-state index is 12.2. The Balaban J connectivity index is 0. The number of sulfonamides is 1. The first-order valence-electron chi connectivity index (χ1n) is 12.7. The van der Waals surface area contributed by atoms with Gasteiger partial charge in [-0.25, -0.2) is 13.5 Å². The number of nitrogens with zero attached hydrogens (tertiary/aromatic N) is 3. The Bertz CT molecular complexity index is 752. The second kappa shape index (κ2) is 17.7. The number of piperidine rings is 1. The van der Waals surface area contributed by atoms with E-state index in [9.17, 15) is 13.2 Å². The molecule has 1 amide bonds. The van der Waals surface area contributed by atoms with Crippen LogP contribution in [-0.4, -0.2) is 75.2 Å². The fourth-order valence-electron chi connectivity index (χ4n) is 4.02. The molecule has 0 aromatic rings. The van der Waals surface area contributed by atoms with E-state index in [0.717, 1.165) is 44.5 Å². The van der Waals surface area contributed by atoms with Crippen molar-refractivity contribution in [3.05, 3.63) is 36.1 Å².